The lowest BCUT2D eigenvalue weighted by molar-refractivity contribution is -0.121. The Morgan fingerprint density at radius 1 is 1.23 bits per heavy atom. The molecule has 1 atom stereocenters. The van der Waals surface area contributed by atoms with Crippen molar-refractivity contribution in [2.45, 2.75) is 12.5 Å². The first-order chi connectivity index (χ1) is 12.4. The molecule has 1 saturated heterocycles. The van der Waals surface area contributed by atoms with Gasteiger partial charge in [0.2, 0.25) is 5.91 Å². The summed E-state index contributed by atoms with van der Waals surface area (Å²) in [7, 11) is 1.44. The number of imide groups is 1. The first kappa shape index (κ1) is 17.8. The molecule has 26 heavy (non-hydrogen) atoms. The molecule has 8 heteroatoms. The highest BCUT2D eigenvalue weighted by atomic mass is 35.5. The Morgan fingerprint density at radius 3 is 2.54 bits per heavy atom. The zero-order chi connectivity index (χ0) is 18.8. The van der Waals surface area contributed by atoms with Crippen LogP contribution in [0.25, 0.3) is 0 Å². The molecule has 7 nitrogen and oxygen atoms in total. The predicted octanol–water partition coefficient (Wildman–Crippen LogP) is 2.79. The van der Waals surface area contributed by atoms with E-state index in [0.29, 0.717) is 22.1 Å². The van der Waals surface area contributed by atoms with E-state index in [1.54, 1.807) is 24.3 Å². The summed E-state index contributed by atoms with van der Waals surface area (Å²) in [5.41, 5.74) is 0.969. The molecule has 2 aromatic carbocycles. The third-order valence-electron chi connectivity index (χ3n) is 4.00. The summed E-state index contributed by atoms with van der Waals surface area (Å²) in [5.74, 6) is -1.49. The maximum absolute atomic E-state index is 12.7. The van der Waals surface area contributed by atoms with E-state index in [1.165, 1.54) is 25.3 Å². The van der Waals surface area contributed by atoms with E-state index in [0.717, 1.165) is 4.90 Å². The normalized spacial score (nSPS) is 16.7. The van der Waals surface area contributed by atoms with Crippen LogP contribution in [0, 0.1) is 0 Å². The number of halogens is 1. The average molecular weight is 375 g/mol. The Kier molecular flexibility index (Phi) is 4.81. The van der Waals surface area contributed by atoms with Crippen LogP contribution in [0.1, 0.15) is 16.8 Å². The summed E-state index contributed by atoms with van der Waals surface area (Å²) in [4.78, 5) is 37.1. The minimum absolute atomic E-state index is 0.0326. The summed E-state index contributed by atoms with van der Waals surface area (Å²) >= 11 is 5.99. The number of hydrogen-bond donors (Lipinski definition) is 2. The summed E-state index contributed by atoms with van der Waals surface area (Å²) < 4.78 is 5.22. The van der Waals surface area contributed by atoms with Crippen molar-refractivity contribution < 1.29 is 24.2 Å². The number of carboxylic acid groups (broad SMARTS) is 1. The van der Waals surface area contributed by atoms with Crippen LogP contribution in [0.5, 0.6) is 5.75 Å². The van der Waals surface area contributed by atoms with Gasteiger partial charge in [-0.3, -0.25) is 9.59 Å². The van der Waals surface area contributed by atoms with Crippen molar-refractivity contribution in [2.75, 3.05) is 17.3 Å². The largest absolute Gasteiger partial charge is 0.495 e. The van der Waals surface area contributed by atoms with Crippen molar-refractivity contribution in [1.29, 1.82) is 0 Å². The molecule has 2 aromatic rings. The fourth-order valence-corrected chi connectivity index (χ4v) is 2.91. The molecular weight excluding hydrogens is 360 g/mol. The molecule has 1 aliphatic rings. The van der Waals surface area contributed by atoms with Crippen molar-refractivity contribution in [1.82, 2.24) is 0 Å². The van der Waals surface area contributed by atoms with E-state index in [-0.39, 0.29) is 17.9 Å². The summed E-state index contributed by atoms with van der Waals surface area (Å²) in [5, 5.41) is 12.3. The smallest absolute Gasteiger partial charge is 0.335 e. The lowest BCUT2D eigenvalue weighted by Gasteiger charge is -2.19. The molecule has 0 saturated carbocycles. The number of carboxylic acids is 1. The molecule has 1 aliphatic heterocycles. The van der Waals surface area contributed by atoms with E-state index in [2.05, 4.69) is 5.32 Å². The Morgan fingerprint density at radius 2 is 1.92 bits per heavy atom. The number of anilines is 2. The first-order valence-electron chi connectivity index (χ1n) is 7.71. The van der Waals surface area contributed by atoms with Gasteiger partial charge in [-0.15, -0.1) is 0 Å². The number of benzene rings is 2. The Bertz CT molecular complexity index is 882. The van der Waals surface area contributed by atoms with Gasteiger partial charge in [0.05, 0.1) is 24.8 Å². The number of methoxy groups -OCH3 is 1. The minimum atomic E-state index is -1.04. The molecule has 3 rings (SSSR count). The minimum Gasteiger partial charge on any atom is -0.495 e. The van der Waals surface area contributed by atoms with Crippen LogP contribution in [0.2, 0.25) is 5.02 Å². The fourth-order valence-electron chi connectivity index (χ4n) is 2.75. The summed E-state index contributed by atoms with van der Waals surface area (Å²) in [6, 6.07) is 9.86. The third-order valence-corrected chi connectivity index (χ3v) is 4.24. The SMILES string of the molecule is COc1ccc(Cl)cc1N1C(=O)C[C@H](Nc2ccc(C(=O)O)cc2)C1=O. The number of nitrogens with one attached hydrogen (secondary N) is 1. The summed E-state index contributed by atoms with van der Waals surface area (Å²) in [6.07, 6.45) is -0.0326. The van der Waals surface area contributed by atoms with Crippen LogP contribution in [-0.2, 0) is 9.59 Å². The van der Waals surface area contributed by atoms with Crippen LogP contribution < -0.4 is 15.0 Å². The van der Waals surface area contributed by atoms with Crippen molar-refractivity contribution in [3.63, 3.8) is 0 Å². The number of hydrogen-bond acceptors (Lipinski definition) is 5. The van der Waals surface area contributed by atoms with Crippen molar-refractivity contribution in [3.05, 3.63) is 53.1 Å². The molecular formula is C18H15ClN2O5. The van der Waals surface area contributed by atoms with Crippen LogP contribution >= 0.6 is 11.6 Å². The topological polar surface area (TPSA) is 95.9 Å². The lowest BCUT2D eigenvalue weighted by Crippen LogP contribution is -2.35. The van der Waals surface area contributed by atoms with Gasteiger partial charge >= 0.3 is 5.97 Å². The van der Waals surface area contributed by atoms with Gasteiger partial charge in [-0.2, -0.15) is 0 Å². The van der Waals surface area contributed by atoms with Gasteiger partial charge in [-0.25, -0.2) is 9.69 Å². The molecule has 0 radical (unpaired) electrons. The van der Waals surface area contributed by atoms with Crippen LogP contribution in [0.3, 0.4) is 0 Å². The van der Waals surface area contributed by atoms with Crippen LogP contribution in [0.15, 0.2) is 42.5 Å². The van der Waals surface area contributed by atoms with Crippen LogP contribution in [0.4, 0.5) is 11.4 Å². The molecule has 134 valence electrons. The van der Waals surface area contributed by atoms with Gasteiger partial charge < -0.3 is 15.2 Å². The summed E-state index contributed by atoms with van der Waals surface area (Å²) in [6.45, 7) is 0. The van der Waals surface area contributed by atoms with E-state index in [4.69, 9.17) is 21.4 Å². The molecule has 0 bridgehead atoms. The van der Waals surface area contributed by atoms with Crippen LogP contribution in [-0.4, -0.2) is 36.0 Å². The number of ether oxygens (including phenoxy) is 1. The maximum Gasteiger partial charge on any atom is 0.335 e. The highest BCUT2D eigenvalue weighted by Crippen LogP contribution is 2.35. The number of aromatic carboxylic acids is 1. The monoisotopic (exact) mass is 374 g/mol. The Hall–Kier alpha value is -3.06. The Labute approximate surface area is 154 Å². The number of amides is 2. The highest BCUT2D eigenvalue weighted by molar-refractivity contribution is 6.31. The molecule has 0 unspecified atom stereocenters. The van der Waals surface area contributed by atoms with Gasteiger partial charge in [0, 0.05) is 10.7 Å². The van der Waals surface area contributed by atoms with Gasteiger partial charge in [0.1, 0.15) is 11.8 Å². The zero-order valence-electron chi connectivity index (χ0n) is 13.7. The number of nitrogens with zero attached hydrogens (tertiary/aromatic N) is 1. The van der Waals surface area contributed by atoms with Gasteiger partial charge in [0.25, 0.3) is 5.91 Å². The molecule has 2 amide bonds. The fraction of sp³-hybridized carbons (Fsp3) is 0.167. The zero-order valence-corrected chi connectivity index (χ0v) is 14.5. The average Bonchev–Trinajstić information content (AvgIpc) is 2.89. The van der Waals surface area contributed by atoms with Crippen molar-refractivity contribution >= 4 is 40.8 Å². The molecule has 0 aliphatic carbocycles. The van der Waals surface area contributed by atoms with E-state index >= 15 is 0 Å². The van der Waals surface area contributed by atoms with Crippen molar-refractivity contribution in [2.24, 2.45) is 0 Å². The van der Waals surface area contributed by atoms with E-state index < -0.39 is 17.9 Å². The van der Waals surface area contributed by atoms with Gasteiger partial charge in [-0.05, 0) is 42.5 Å². The molecule has 1 fully saturated rings. The van der Waals surface area contributed by atoms with Gasteiger partial charge in [0.15, 0.2) is 0 Å². The molecule has 0 spiro atoms. The number of carbonyl (C=O) groups is 3. The second-order valence-electron chi connectivity index (χ2n) is 5.67. The van der Waals surface area contributed by atoms with E-state index in [9.17, 15) is 14.4 Å². The lowest BCUT2D eigenvalue weighted by atomic mass is 10.2. The maximum atomic E-state index is 12.7. The quantitative estimate of drug-likeness (QED) is 0.781. The number of carbonyl (C=O) groups excluding carboxylic acids is 2. The first-order valence-corrected chi connectivity index (χ1v) is 8.08. The molecule has 0 aromatic heterocycles. The molecule has 1 heterocycles. The van der Waals surface area contributed by atoms with E-state index in [1.807, 2.05) is 0 Å². The Balaban J connectivity index is 1.83. The third kappa shape index (κ3) is 3.34. The predicted molar refractivity (Wildman–Crippen MR) is 95.9 cm³/mol. The number of rotatable bonds is 5. The van der Waals surface area contributed by atoms with Gasteiger partial charge in [-0.1, -0.05) is 11.6 Å². The van der Waals surface area contributed by atoms with Crippen molar-refractivity contribution in [3.8, 4) is 5.75 Å². The second kappa shape index (κ2) is 7.05. The molecule has 2 N–H and O–H groups in total. The highest BCUT2D eigenvalue weighted by Gasteiger charge is 2.40. The standard InChI is InChI=1S/C18H15ClN2O5/c1-26-15-7-4-11(19)8-14(15)21-16(22)9-13(17(21)23)20-12-5-2-10(3-6-12)18(24)25/h2-8,13,20H,9H2,1H3,(H,24,25)/t13-/m0/s1. The second-order valence-corrected chi connectivity index (χ2v) is 6.10.